The average Bonchev–Trinajstić information content (AvgIpc) is 3.19. The molecule has 1 aromatic rings. The minimum Gasteiger partial charge on any atom is -0.368 e. The van der Waals surface area contributed by atoms with Crippen LogP contribution in [0.5, 0.6) is 0 Å². The molecular weight excluding hydrogens is 390 g/mol. The van der Waals surface area contributed by atoms with Crippen LogP contribution in [-0.2, 0) is 5.54 Å². The van der Waals surface area contributed by atoms with Crippen molar-refractivity contribution in [1.82, 2.24) is 29.8 Å². The fraction of sp³-hybridized carbons (Fsp3) is 0.500. The van der Waals surface area contributed by atoms with Crippen molar-refractivity contribution in [2.45, 2.75) is 37.6 Å². The summed E-state index contributed by atoms with van der Waals surface area (Å²) < 4.78 is 2.36. The first kappa shape index (κ1) is 18.7. The Morgan fingerprint density at radius 1 is 0.935 bits per heavy atom. The van der Waals surface area contributed by atoms with E-state index in [1.165, 1.54) is 32.1 Å². The van der Waals surface area contributed by atoms with Crippen LogP contribution in [0.1, 0.15) is 32.1 Å². The van der Waals surface area contributed by atoms with E-state index in [0.29, 0.717) is 11.4 Å². The minimum atomic E-state index is 0.0869. The van der Waals surface area contributed by atoms with Crippen LogP contribution in [0.2, 0.25) is 0 Å². The van der Waals surface area contributed by atoms with Crippen LogP contribution < -0.4 is 21.2 Å². The average molecular weight is 418 g/mol. The SMILES string of the molecule is c1cc(N=c2ncc3ncc4n(c-3n2)C2(CCCCC2)CN4)ncc1N1CCNCC1. The molecular formula is C22H27N9. The Morgan fingerprint density at radius 2 is 1.81 bits per heavy atom. The predicted octanol–water partition coefficient (Wildman–Crippen LogP) is 1.90. The van der Waals surface area contributed by atoms with Crippen molar-refractivity contribution in [2.24, 2.45) is 4.99 Å². The highest BCUT2D eigenvalue weighted by molar-refractivity contribution is 5.57. The molecule has 0 unspecified atom stereocenters. The van der Waals surface area contributed by atoms with Crippen LogP contribution in [0, 0.1) is 0 Å². The summed E-state index contributed by atoms with van der Waals surface area (Å²) in [5.41, 5.74) is 2.44. The second kappa shape index (κ2) is 7.56. The summed E-state index contributed by atoms with van der Waals surface area (Å²) >= 11 is 0. The van der Waals surface area contributed by atoms with E-state index in [2.05, 4.69) is 46.1 Å². The molecule has 1 saturated carbocycles. The summed E-state index contributed by atoms with van der Waals surface area (Å²) in [7, 11) is 0. The van der Waals surface area contributed by atoms with E-state index in [9.17, 15) is 0 Å². The molecule has 160 valence electrons. The molecule has 9 heteroatoms. The van der Waals surface area contributed by atoms with Crippen LogP contribution in [0.4, 0.5) is 17.3 Å². The lowest BCUT2D eigenvalue weighted by Gasteiger charge is -2.36. The number of fused-ring (bicyclic) bond motifs is 4. The molecule has 0 bridgehead atoms. The summed E-state index contributed by atoms with van der Waals surface area (Å²) in [6.07, 6.45) is 11.7. The zero-order chi connectivity index (χ0) is 20.7. The van der Waals surface area contributed by atoms with Gasteiger partial charge < -0.3 is 20.1 Å². The predicted molar refractivity (Wildman–Crippen MR) is 119 cm³/mol. The lowest BCUT2D eigenvalue weighted by atomic mass is 9.82. The van der Waals surface area contributed by atoms with Gasteiger partial charge >= 0.3 is 0 Å². The maximum absolute atomic E-state index is 4.83. The van der Waals surface area contributed by atoms with Crippen LogP contribution in [0.25, 0.3) is 11.5 Å². The molecule has 6 rings (SSSR count). The second-order valence-electron chi connectivity index (χ2n) is 8.72. The number of hydrogen-bond acceptors (Lipinski definition) is 8. The third-order valence-electron chi connectivity index (χ3n) is 6.80. The van der Waals surface area contributed by atoms with Crippen molar-refractivity contribution < 1.29 is 0 Å². The minimum absolute atomic E-state index is 0.0869. The Bertz CT molecular complexity index is 1100. The number of anilines is 2. The molecule has 5 aliphatic rings. The molecule has 4 aliphatic heterocycles. The van der Waals surface area contributed by atoms with Crippen LogP contribution in [-0.4, -0.2) is 57.2 Å². The topological polar surface area (TPSA) is 96.1 Å². The monoisotopic (exact) mass is 417 g/mol. The van der Waals surface area contributed by atoms with Crippen molar-refractivity contribution >= 4 is 17.3 Å². The van der Waals surface area contributed by atoms with Gasteiger partial charge in [0.1, 0.15) is 11.5 Å². The van der Waals surface area contributed by atoms with Gasteiger partial charge in [0.05, 0.1) is 29.8 Å². The number of pyridine rings is 1. The van der Waals surface area contributed by atoms with Crippen LogP contribution in [0.15, 0.2) is 35.7 Å². The van der Waals surface area contributed by atoms with E-state index >= 15 is 0 Å². The van der Waals surface area contributed by atoms with Gasteiger partial charge in [0.15, 0.2) is 11.6 Å². The van der Waals surface area contributed by atoms with E-state index in [0.717, 1.165) is 55.7 Å². The van der Waals surface area contributed by atoms with Gasteiger partial charge in [-0.1, -0.05) is 19.3 Å². The van der Waals surface area contributed by atoms with Gasteiger partial charge in [-0.2, -0.15) is 9.98 Å². The molecule has 2 N–H and O–H groups in total. The first-order valence-electron chi connectivity index (χ1n) is 11.3. The summed E-state index contributed by atoms with van der Waals surface area (Å²) in [6, 6.07) is 4.02. The molecule has 9 nitrogen and oxygen atoms in total. The van der Waals surface area contributed by atoms with Gasteiger partial charge in [0.25, 0.3) is 5.62 Å². The molecule has 0 atom stereocenters. The normalized spacial score (nSPS) is 20.8. The Kier molecular flexibility index (Phi) is 4.56. The smallest absolute Gasteiger partial charge is 0.253 e. The fourth-order valence-corrected chi connectivity index (χ4v) is 5.18. The number of rotatable bonds is 2. The molecule has 31 heavy (non-hydrogen) atoms. The molecule has 1 aliphatic carbocycles. The largest absolute Gasteiger partial charge is 0.368 e. The Hall–Kier alpha value is -3.07. The first-order valence-corrected chi connectivity index (χ1v) is 11.3. The van der Waals surface area contributed by atoms with Gasteiger partial charge in [-0.25, -0.2) is 15.0 Å². The van der Waals surface area contributed by atoms with Crippen molar-refractivity contribution in [3.05, 3.63) is 36.3 Å². The number of hydrogen-bond donors (Lipinski definition) is 2. The standard InChI is InChI=1S/C22H27N9/c1-2-6-22(7-3-1)15-27-19-14-24-17-13-26-21(29-20(17)31(19)22)28-18-5-4-16(12-25-18)30-10-8-23-9-11-30/h4-5,12-14,23,27H,1-3,6-11,15H2. The van der Waals surface area contributed by atoms with Crippen LogP contribution in [0.3, 0.4) is 0 Å². The van der Waals surface area contributed by atoms with E-state index in [4.69, 9.17) is 4.98 Å². The Labute approximate surface area is 181 Å². The molecule has 1 saturated heterocycles. The molecule has 0 aromatic carbocycles. The zero-order valence-corrected chi connectivity index (χ0v) is 17.6. The summed E-state index contributed by atoms with van der Waals surface area (Å²) in [5.74, 6) is 2.52. The third-order valence-corrected chi connectivity index (χ3v) is 6.80. The zero-order valence-electron chi connectivity index (χ0n) is 17.6. The van der Waals surface area contributed by atoms with Crippen molar-refractivity contribution in [2.75, 3.05) is 42.9 Å². The quantitative estimate of drug-likeness (QED) is 0.657. The number of nitrogens with zero attached hydrogens (tertiary/aromatic N) is 7. The fourth-order valence-electron chi connectivity index (χ4n) is 5.18. The lowest BCUT2D eigenvalue weighted by Crippen LogP contribution is -2.43. The van der Waals surface area contributed by atoms with Gasteiger partial charge in [-0.05, 0) is 25.0 Å². The molecule has 0 radical (unpaired) electrons. The molecule has 1 spiro atoms. The van der Waals surface area contributed by atoms with E-state index in [1.54, 1.807) is 6.20 Å². The molecule has 1 aromatic heterocycles. The molecule has 2 fully saturated rings. The summed E-state index contributed by atoms with van der Waals surface area (Å²) in [5, 5.41) is 6.92. The van der Waals surface area contributed by atoms with E-state index < -0.39 is 0 Å². The highest BCUT2D eigenvalue weighted by atomic mass is 15.3. The number of aromatic nitrogens is 5. The lowest BCUT2D eigenvalue weighted by molar-refractivity contribution is 0.228. The highest BCUT2D eigenvalue weighted by Crippen LogP contribution is 2.43. The number of piperazine rings is 1. The van der Waals surface area contributed by atoms with Gasteiger partial charge in [0, 0.05) is 32.7 Å². The second-order valence-corrected chi connectivity index (χ2v) is 8.72. The van der Waals surface area contributed by atoms with Crippen molar-refractivity contribution in [1.29, 1.82) is 0 Å². The van der Waals surface area contributed by atoms with Gasteiger partial charge in [-0.3, -0.25) is 0 Å². The maximum atomic E-state index is 4.83. The highest BCUT2D eigenvalue weighted by Gasteiger charge is 2.41. The molecule has 5 heterocycles. The first-order chi connectivity index (χ1) is 15.3. The van der Waals surface area contributed by atoms with Crippen molar-refractivity contribution in [3.8, 4) is 11.5 Å². The summed E-state index contributed by atoms with van der Waals surface area (Å²) in [6.45, 7) is 4.94. The van der Waals surface area contributed by atoms with E-state index in [1.807, 2.05) is 18.5 Å². The summed E-state index contributed by atoms with van der Waals surface area (Å²) in [4.78, 5) is 25.3. The molecule has 0 amide bonds. The maximum Gasteiger partial charge on any atom is 0.253 e. The number of nitrogens with one attached hydrogen (secondary N) is 2. The van der Waals surface area contributed by atoms with E-state index in [-0.39, 0.29) is 5.54 Å². The van der Waals surface area contributed by atoms with Crippen LogP contribution >= 0.6 is 0 Å². The van der Waals surface area contributed by atoms with Gasteiger partial charge in [0.2, 0.25) is 0 Å². The Morgan fingerprint density at radius 3 is 2.61 bits per heavy atom. The van der Waals surface area contributed by atoms with Gasteiger partial charge in [-0.15, -0.1) is 0 Å². The third kappa shape index (κ3) is 3.33. The Balaban J connectivity index is 1.37. The van der Waals surface area contributed by atoms with Crippen molar-refractivity contribution in [3.63, 3.8) is 0 Å².